The molecule has 2 heterocycles. The quantitative estimate of drug-likeness (QED) is 0.442. The van der Waals surface area contributed by atoms with E-state index in [0.717, 1.165) is 29.5 Å². The molecule has 0 aromatic carbocycles. The number of carbonyl (C=O) groups excluding carboxylic acids is 1. The smallest absolute Gasteiger partial charge is 0.230 e. The summed E-state index contributed by atoms with van der Waals surface area (Å²) in [4.78, 5) is 19.7. The van der Waals surface area contributed by atoms with Gasteiger partial charge in [0.05, 0.1) is 15.7 Å². The van der Waals surface area contributed by atoms with Crippen molar-refractivity contribution in [3.8, 4) is 0 Å². The van der Waals surface area contributed by atoms with Crippen LogP contribution in [0.25, 0.3) is 0 Å². The molecule has 1 amide bonds. The van der Waals surface area contributed by atoms with Crippen LogP contribution in [-0.4, -0.2) is 36.6 Å². The molecule has 26 heavy (non-hydrogen) atoms. The number of anilines is 1. The Kier molecular flexibility index (Phi) is 7.44. The van der Waals surface area contributed by atoms with Gasteiger partial charge in [-0.05, 0) is 40.4 Å². The number of hydrogen-bond donors (Lipinski definition) is 2. The molecule has 0 radical (unpaired) electrons. The van der Waals surface area contributed by atoms with E-state index in [1.54, 1.807) is 6.07 Å². The van der Waals surface area contributed by atoms with Gasteiger partial charge in [0.1, 0.15) is 14.9 Å². The van der Waals surface area contributed by atoms with Crippen LogP contribution in [0.2, 0.25) is 0 Å². The molecule has 0 atom stereocenters. The first-order valence-electron chi connectivity index (χ1n) is 7.72. The first-order valence-corrected chi connectivity index (χ1v) is 11.8. The summed E-state index contributed by atoms with van der Waals surface area (Å²) in [7, 11) is -3.77. The van der Waals surface area contributed by atoms with Crippen molar-refractivity contribution in [2.45, 2.75) is 34.5 Å². The van der Waals surface area contributed by atoms with Gasteiger partial charge in [0.15, 0.2) is 5.16 Å². The zero-order valence-electron chi connectivity index (χ0n) is 14.2. The van der Waals surface area contributed by atoms with E-state index in [4.69, 9.17) is 5.73 Å². The summed E-state index contributed by atoms with van der Waals surface area (Å²) in [6.07, 6.45) is 2.09. The summed E-state index contributed by atoms with van der Waals surface area (Å²) in [5, 5.41) is 3.07. The summed E-state index contributed by atoms with van der Waals surface area (Å²) in [6.45, 7) is 4.79. The summed E-state index contributed by atoms with van der Waals surface area (Å²) in [5.74, 6) is 0.399. The number of thiophene rings is 1. The Bertz CT molecular complexity index is 884. The van der Waals surface area contributed by atoms with E-state index in [9.17, 15) is 13.2 Å². The molecule has 142 valence electrons. The molecule has 3 N–H and O–H groups in total. The van der Waals surface area contributed by atoms with Gasteiger partial charge in [0.2, 0.25) is 15.7 Å². The number of rotatable bonds is 8. The number of thioether (sulfide) groups is 1. The molecule has 0 aliphatic rings. The van der Waals surface area contributed by atoms with Gasteiger partial charge in [-0.2, -0.15) is 0 Å². The fraction of sp³-hybridized carbons (Fsp3) is 0.400. The molecule has 0 unspecified atom stereocenters. The van der Waals surface area contributed by atoms with Crippen molar-refractivity contribution >= 4 is 60.6 Å². The van der Waals surface area contributed by atoms with Gasteiger partial charge in [0.25, 0.3) is 0 Å². The van der Waals surface area contributed by atoms with E-state index in [1.807, 2.05) is 0 Å². The molecule has 7 nitrogen and oxygen atoms in total. The number of nitrogens with two attached hydrogens (primary N) is 1. The highest BCUT2D eigenvalue weighted by molar-refractivity contribution is 9.11. The first-order chi connectivity index (χ1) is 12.2. The lowest BCUT2D eigenvalue weighted by Gasteiger charge is -2.08. The molecular weight excluding hydrogens is 460 g/mol. The second-order valence-electron chi connectivity index (χ2n) is 5.79. The Morgan fingerprint density at radius 2 is 2.15 bits per heavy atom. The standard InChI is InChI=1S/C15H19BrN4O3S3/c1-9(2)5-6-18-12(21)8-24-15-19-7-10(14(17)20-15)26(22,23)13-4-3-11(16)25-13/h3-4,7,9H,5-6,8H2,1-2H3,(H,18,21)(H2,17,19,20). The maximum absolute atomic E-state index is 12.6. The van der Waals surface area contributed by atoms with Crippen molar-refractivity contribution in [1.29, 1.82) is 0 Å². The van der Waals surface area contributed by atoms with Crippen molar-refractivity contribution in [1.82, 2.24) is 15.3 Å². The first kappa shape index (κ1) is 21.1. The molecule has 2 aromatic rings. The lowest BCUT2D eigenvalue weighted by Crippen LogP contribution is -2.27. The van der Waals surface area contributed by atoms with E-state index in [2.05, 4.69) is 45.1 Å². The third-order valence-corrected chi connectivity index (χ3v) is 7.99. The van der Waals surface area contributed by atoms with Crippen molar-refractivity contribution < 1.29 is 13.2 Å². The summed E-state index contributed by atoms with van der Waals surface area (Å²) >= 11 is 5.43. The van der Waals surface area contributed by atoms with Gasteiger partial charge in [-0.1, -0.05) is 25.6 Å². The molecule has 0 spiro atoms. The van der Waals surface area contributed by atoms with Crippen LogP contribution >= 0.6 is 39.0 Å². The van der Waals surface area contributed by atoms with Crippen LogP contribution in [0, 0.1) is 5.92 Å². The normalized spacial score (nSPS) is 11.7. The highest BCUT2D eigenvalue weighted by Crippen LogP contribution is 2.32. The number of nitrogens with one attached hydrogen (secondary N) is 1. The molecule has 0 aliphatic heterocycles. The minimum absolute atomic E-state index is 0.127. The molecule has 0 fully saturated rings. The Hall–Kier alpha value is -1.17. The van der Waals surface area contributed by atoms with Crippen LogP contribution in [0.4, 0.5) is 5.82 Å². The van der Waals surface area contributed by atoms with Gasteiger partial charge in [-0.3, -0.25) is 4.79 Å². The van der Waals surface area contributed by atoms with E-state index >= 15 is 0 Å². The monoisotopic (exact) mass is 478 g/mol. The van der Waals surface area contributed by atoms with Gasteiger partial charge >= 0.3 is 0 Å². The second kappa shape index (κ2) is 9.16. The van der Waals surface area contributed by atoms with E-state index in [1.165, 1.54) is 12.3 Å². The van der Waals surface area contributed by atoms with Gasteiger partial charge in [-0.15, -0.1) is 11.3 Å². The Balaban J connectivity index is 2.02. The number of amides is 1. The maximum Gasteiger partial charge on any atom is 0.230 e. The molecule has 0 saturated carbocycles. The number of nitrogens with zero attached hydrogens (tertiary/aromatic N) is 2. The molecule has 0 aliphatic carbocycles. The fourth-order valence-corrected chi connectivity index (χ4v) is 5.92. The lowest BCUT2D eigenvalue weighted by molar-refractivity contribution is -0.118. The van der Waals surface area contributed by atoms with Crippen LogP contribution < -0.4 is 11.1 Å². The maximum atomic E-state index is 12.6. The van der Waals surface area contributed by atoms with Crippen molar-refractivity contribution in [3.63, 3.8) is 0 Å². The minimum atomic E-state index is -3.77. The highest BCUT2D eigenvalue weighted by Gasteiger charge is 2.24. The molecule has 0 saturated heterocycles. The predicted molar refractivity (Wildman–Crippen MR) is 107 cm³/mol. The van der Waals surface area contributed by atoms with E-state index in [-0.39, 0.29) is 31.7 Å². The third kappa shape index (κ3) is 5.66. The Morgan fingerprint density at radius 1 is 1.42 bits per heavy atom. The van der Waals surface area contributed by atoms with Gasteiger partial charge in [-0.25, -0.2) is 18.4 Å². The van der Waals surface area contributed by atoms with E-state index in [0.29, 0.717) is 16.2 Å². The summed E-state index contributed by atoms with van der Waals surface area (Å²) in [6, 6.07) is 3.14. The van der Waals surface area contributed by atoms with Crippen LogP contribution in [0.1, 0.15) is 20.3 Å². The average Bonchev–Trinajstić information content (AvgIpc) is 3.00. The Labute approximate surface area is 169 Å². The molecular formula is C15H19BrN4O3S3. The van der Waals surface area contributed by atoms with Crippen molar-refractivity contribution in [2.24, 2.45) is 5.92 Å². The average molecular weight is 479 g/mol. The van der Waals surface area contributed by atoms with Crippen LogP contribution in [-0.2, 0) is 14.6 Å². The number of hydrogen-bond acceptors (Lipinski definition) is 8. The minimum Gasteiger partial charge on any atom is -0.382 e. The molecule has 2 rings (SSSR count). The zero-order valence-corrected chi connectivity index (χ0v) is 18.3. The van der Waals surface area contributed by atoms with Crippen LogP contribution in [0.3, 0.4) is 0 Å². The van der Waals surface area contributed by atoms with Crippen LogP contribution in [0.15, 0.2) is 36.4 Å². The molecule has 2 aromatic heterocycles. The fourth-order valence-electron chi connectivity index (χ4n) is 1.88. The van der Waals surface area contributed by atoms with Gasteiger partial charge in [0, 0.05) is 6.54 Å². The number of carbonyl (C=O) groups is 1. The molecule has 11 heteroatoms. The van der Waals surface area contributed by atoms with Crippen LogP contribution in [0.5, 0.6) is 0 Å². The van der Waals surface area contributed by atoms with Gasteiger partial charge < -0.3 is 11.1 Å². The number of halogens is 1. The SMILES string of the molecule is CC(C)CCNC(=O)CSc1ncc(S(=O)(=O)c2ccc(Br)s2)c(N)n1. The third-order valence-electron chi connectivity index (χ3n) is 3.24. The lowest BCUT2D eigenvalue weighted by atomic mass is 10.1. The van der Waals surface area contributed by atoms with Crippen molar-refractivity contribution in [3.05, 3.63) is 22.1 Å². The zero-order chi connectivity index (χ0) is 19.3. The van der Waals surface area contributed by atoms with Crippen molar-refractivity contribution in [2.75, 3.05) is 18.0 Å². The predicted octanol–water partition coefficient (Wildman–Crippen LogP) is 2.97. The number of nitrogen functional groups attached to an aromatic ring is 1. The largest absolute Gasteiger partial charge is 0.382 e. The highest BCUT2D eigenvalue weighted by atomic mass is 79.9. The second-order valence-corrected chi connectivity index (χ2v) is 11.3. The summed E-state index contributed by atoms with van der Waals surface area (Å²) in [5.41, 5.74) is 5.82. The number of aromatic nitrogens is 2. The summed E-state index contributed by atoms with van der Waals surface area (Å²) < 4.78 is 26.0. The Morgan fingerprint density at radius 3 is 2.73 bits per heavy atom. The molecule has 0 bridgehead atoms. The topological polar surface area (TPSA) is 115 Å². The van der Waals surface area contributed by atoms with E-state index < -0.39 is 9.84 Å². The number of sulfone groups is 1.